The molecule has 4 unspecified atom stereocenters. The first-order chi connectivity index (χ1) is 24.6. The standard InChI is InChI=1S/C39H55ClN4O6S/c1-5-11-29-24-31(40)13-15-33(29)30-26-44-21-17-28(6-2)35(50-38(46)41-18-22-43-19-8-7-9-20-43)12-10-23-49-39(3,4)37(45)42-51(47)32-14-16-36(48-27-30)34(44)25-32/h10,12-16,24-25,28,30,35H,5-9,11,17-23,26-27H2,1-4H3,(H,41,46)(H,42,45)/b12-10+. The molecule has 2 aromatic carbocycles. The van der Waals surface area contributed by atoms with Crippen LogP contribution in [-0.2, 0) is 31.7 Å². The van der Waals surface area contributed by atoms with Crippen molar-refractivity contribution in [1.29, 1.82) is 0 Å². The van der Waals surface area contributed by atoms with Crippen molar-refractivity contribution in [3.05, 3.63) is 64.7 Å². The Morgan fingerprint density at radius 2 is 1.92 bits per heavy atom. The minimum absolute atomic E-state index is 0.00659. The molecule has 1 fully saturated rings. The van der Waals surface area contributed by atoms with Gasteiger partial charge in [0.2, 0.25) is 0 Å². The van der Waals surface area contributed by atoms with Crippen molar-refractivity contribution in [3.63, 3.8) is 0 Å². The molecule has 2 N–H and O–H groups in total. The van der Waals surface area contributed by atoms with Crippen molar-refractivity contribution < 1.29 is 28.0 Å². The van der Waals surface area contributed by atoms with Crippen molar-refractivity contribution in [2.75, 3.05) is 57.4 Å². The fraction of sp³-hybridized carbons (Fsp3) is 0.590. The van der Waals surface area contributed by atoms with Gasteiger partial charge < -0.3 is 29.3 Å². The van der Waals surface area contributed by atoms with Gasteiger partial charge in [-0.05, 0) is 107 Å². The maximum atomic E-state index is 13.5. The molecule has 0 radical (unpaired) electrons. The first-order valence-corrected chi connectivity index (χ1v) is 20.1. The number of likely N-dealkylation sites (tertiary alicyclic amines) is 1. The van der Waals surface area contributed by atoms with Gasteiger partial charge in [-0.25, -0.2) is 9.00 Å². The van der Waals surface area contributed by atoms with E-state index in [1.54, 1.807) is 26.0 Å². The molecule has 4 atom stereocenters. The number of halogens is 1. The summed E-state index contributed by atoms with van der Waals surface area (Å²) in [6, 6.07) is 11.5. The lowest BCUT2D eigenvalue weighted by Gasteiger charge is -2.31. The number of anilines is 1. The van der Waals surface area contributed by atoms with E-state index < -0.39 is 34.7 Å². The number of hydrogen-bond donors (Lipinski definition) is 2. The SMILES string of the molecule is CCCc1cc(Cl)ccc1C1COc2ccc3cc2N(CCC(CC)C(OC(=O)NCCN2CCCCC2)/C=C/COC(C)(C)C(=O)NS3=O)C1. The maximum absolute atomic E-state index is 13.5. The van der Waals surface area contributed by atoms with E-state index in [9.17, 15) is 13.8 Å². The summed E-state index contributed by atoms with van der Waals surface area (Å²) in [6.45, 7) is 12.9. The molecule has 0 aromatic heterocycles. The molecular formula is C39H55ClN4O6S. The monoisotopic (exact) mass is 742 g/mol. The van der Waals surface area contributed by atoms with Crippen LogP contribution in [0.15, 0.2) is 53.4 Å². The molecule has 3 aliphatic rings. The largest absolute Gasteiger partial charge is 0.491 e. The summed E-state index contributed by atoms with van der Waals surface area (Å²) in [5.74, 6) is 0.233. The Hall–Kier alpha value is -3.12. The number of amides is 2. The second-order valence-electron chi connectivity index (χ2n) is 14.3. The third-order valence-electron chi connectivity index (χ3n) is 10.2. The first-order valence-electron chi connectivity index (χ1n) is 18.6. The van der Waals surface area contributed by atoms with Gasteiger partial charge in [0.15, 0.2) is 11.0 Å². The molecule has 5 rings (SSSR count). The second-order valence-corrected chi connectivity index (χ2v) is 15.9. The number of benzene rings is 2. The van der Waals surface area contributed by atoms with Crippen molar-refractivity contribution in [1.82, 2.24) is 14.9 Å². The maximum Gasteiger partial charge on any atom is 0.407 e. The van der Waals surface area contributed by atoms with Gasteiger partial charge in [0.05, 0.1) is 23.8 Å². The summed E-state index contributed by atoms with van der Waals surface area (Å²) in [7, 11) is -1.82. The number of hydrogen-bond acceptors (Lipinski definition) is 8. The molecule has 10 nitrogen and oxygen atoms in total. The van der Waals surface area contributed by atoms with Crippen LogP contribution in [0.2, 0.25) is 5.02 Å². The number of alkyl carbamates (subject to hydrolysis) is 1. The molecule has 12 heteroatoms. The van der Waals surface area contributed by atoms with Gasteiger partial charge in [-0.15, -0.1) is 0 Å². The molecule has 0 spiro atoms. The number of nitrogens with one attached hydrogen (secondary N) is 2. The Bertz CT molecular complexity index is 1550. The zero-order valence-corrected chi connectivity index (χ0v) is 32.2. The Morgan fingerprint density at radius 1 is 1.12 bits per heavy atom. The molecule has 1 saturated heterocycles. The number of nitrogens with zero attached hydrogens (tertiary/aromatic N) is 2. The molecular weight excluding hydrogens is 688 g/mol. The number of carbonyl (C=O) groups excluding carboxylic acids is 2. The fourth-order valence-electron chi connectivity index (χ4n) is 7.10. The average Bonchev–Trinajstić information content (AvgIpc) is 3.29. The van der Waals surface area contributed by atoms with Crippen LogP contribution in [0.3, 0.4) is 0 Å². The first kappa shape index (κ1) is 39.1. The van der Waals surface area contributed by atoms with Gasteiger partial charge in [0.1, 0.15) is 17.5 Å². The fourth-order valence-corrected chi connectivity index (χ4v) is 8.24. The smallest absolute Gasteiger partial charge is 0.407 e. The number of aryl methyl sites for hydroxylation is 1. The van der Waals surface area contributed by atoms with Crippen LogP contribution in [0.1, 0.15) is 83.3 Å². The van der Waals surface area contributed by atoms with E-state index in [0.29, 0.717) is 41.9 Å². The summed E-state index contributed by atoms with van der Waals surface area (Å²) in [5.41, 5.74) is 1.97. The lowest BCUT2D eigenvalue weighted by atomic mass is 9.91. The van der Waals surface area contributed by atoms with E-state index in [0.717, 1.165) is 51.0 Å². The van der Waals surface area contributed by atoms with E-state index in [1.165, 1.54) is 30.4 Å². The normalized spacial score (nSPS) is 25.2. The summed E-state index contributed by atoms with van der Waals surface area (Å²) in [4.78, 5) is 31.5. The Labute approximate surface area is 311 Å². The third kappa shape index (κ3) is 10.7. The van der Waals surface area contributed by atoms with E-state index in [4.69, 9.17) is 25.8 Å². The van der Waals surface area contributed by atoms with E-state index in [1.807, 2.05) is 24.3 Å². The van der Waals surface area contributed by atoms with Gasteiger partial charge in [0, 0.05) is 43.0 Å². The van der Waals surface area contributed by atoms with Crippen molar-refractivity contribution in [3.8, 4) is 5.75 Å². The molecule has 2 amide bonds. The molecule has 51 heavy (non-hydrogen) atoms. The second kappa shape index (κ2) is 18.6. The summed E-state index contributed by atoms with van der Waals surface area (Å²) in [5, 5.41) is 3.69. The van der Waals surface area contributed by atoms with Crippen molar-refractivity contribution >= 4 is 40.3 Å². The van der Waals surface area contributed by atoms with Gasteiger partial charge in [-0.3, -0.25) is 9.52 Å². The quantitative estimate of drug-likeness (QED) is 0.285. The van der Waals surface area contributed by atoms with Crippen molar-refractivity contribution in [2.45, 2.75) is 95.2 Å². The Balaban J connectivity index is 1.43. The summed E-state index contributed by atoms with van der Waals surface area (Å²) >= 11 is 6.44. The average molecular weight is 743 g/mol. The van der Waals surface area contributed by atoms with Crippen LogP contribution in [0.5, 0.6) is 5.75 Å². The number of piperidine rings is 1. The van der Waals surface area contributed by atoms with Gasteiger partial charge in [0.25, 0.3) is 5.91 Å². The molecule has 280 valence electrons. The zero-order chi connectivity index (χ0) is 36.4. The van der Waals surface area contributed by atoms with Crippen molar-refractivity contribution in [2.24, 2.45) is 5.92 Å². The minimum Gasteiger partial charge on any atom is -0.491 e. The molecule has 0 aliphatic carbocycles. The van der Waals surface area contributed by atoms with Crippen LogP contribution < -0.4 is 19.7 Å². The minimum atomic E-state index is -1.82. The Morgan fingerprint density at radius 3 is 2.69 bits per heavy atom. The predicted molar refractivity (Wildman–Crippen MR) is 203 cm³/mol. The van der Waals surface area contributed by atoms with E-state index in [2.05, 4.69) is 45.8 Å². The van der Waals surface area contributed by atoms with Gasteiger partial charge in [-0.1, -0.05) is 50.4 Å². The van der Waals surface area contributed by atoms with E-state index in [-0.39, 0.29) is 18.4 Å². The molecule has 2 bridgehead atoms. The highest BCUT2D eigenvalue weighted by molar-refractivity contribution is 7.83. The Kier molecular flexibility index (Phi) is 14.2. The van der Waals surface area contributed by atoms with Crippen LogP contribution in [0.4, 0.5) is 10.5 Å². The van der Waals surface area contributed by atoms with Crippen LogP contribution in [-0.4, -0.2) is 85.3 Å². The van der Waals surface area contributed by atoms with E-state index >= 15 is 0 Å². The lowest BCUT2D eigenvalue weighted by molar-refractivity contribution is -0.139. The highest BCUT2D eigenvalue weighted by atomic mass is 35.5. The van der Waals surface area contributed by atoms with Gasteiger partial charge >= 0.3 is 6.09 Å². The van der Waals surface area contributed by atoms with Gasteiger partial charge in [-0.2, -0.15) is 0 Å². The highest BCUT2D eigenvalue weighted by Gasteiger charge is 2.32. The van der Waals surface area contributed by atoms with Crippen LogP contribution in [0, 0.1) is 5.92 Å². The zero-order valence-electron chi connectivity index (χ0n) is 30.6. The highest BCUT2D eigenvalue weighted by Crippen LogP contribution is 2.38. The van der Waals surface area contributed by atoms with Crippen LogP contribution in [0.25, 0.3) is 0 Å². The topological polar surface area (TPSA) is 109 Å². The molecule has 3 heterocycles. The summed E-state index contributed by atoms with van der Waals surface area (Å²) in [6.07, 6.45) is 9.78. The number of ether oxygens (including phenoxy) is 3. The number of carbonyl (C=O) groups is 2. The lowest BCUT2D eigenvalue weighted by Crippen LogP contribution is -2.45. The molecule has 3 aliphatic heterocycles. The predicted octanol–water partition coefficient (Wildman–Crippen LogP) is 6.78. The molecule has 0 saturated carbocycles. The molecule has 2 aromatic rings. The third-order valence-corrected chi connectivity index (χ3v) is 11.5. The van der Waals surface area contributed by atoms with Crippen LogP contribution >= 0.6 is 11.6 Å². The number of rotatable bonds is 8. The summed E-state index contributed by atoms with van der Waals surface area (Å²) < 4.78 is 34.7. The number of fused-ring (bicyclic) bond motifs is 1.